The van der Waals surface area contributed by atoms with Gasteiger partial charge in [0.15, 0.2) is 0 Å². The van der Waals surface area contributed by atoms with Crippen LogP contribution in [0.1, 0.15) is 6.42 Å². The average Bonchev–Trinajstić information content (AvgIpc) is 1.66. The second-order valence-corrected chi connectivity index (χ2v) is 2.08. The summed E-state index contributed by atoms with van der Waals surface area (Å²) in [5.74, 6) is 0. The first-order chi connectivity index (χ1) is 3.77. The van der Waals surface area contributed by atoms with E-state index < -0.39 is 0 Å². The summed E-state index contributed by atoms with van der Waals surface area (Å²) in [4.78, 5) is 2.13. The Kier molecular flexibility index (Phi) is 4.67. The molecule has 0 fully saturated rings. The Hall–Kier alpha value is -0.300. The van der Waals surface area contributed by atoms with E-state index in [0.717, 1.165) is 13.0 Å². The van der Waals surface area contributed by atoms with Crippen LogP contribution < -0.4 is 0 Å². The highest BCUT2D eigenvalue weighted by Crippen LogP contribution is 1.87. The van der Waals surface area contributed by atoms with Crippen molar-refractivity contribution < 1.29 is 0 Å². The van der Waals surface area contributed by atoms with Gasteiger partial charge in [0.1, 0.15) is 0 Å². The van der Waals surface area contributed by atoms with Gasteiger partial charge < -0.3 is 4.90 Å². The van der Waals surface area contributed by atoms with Crippen LogP contribution >= 0.6 is 0 Å². The van der Waals surface area contributed by atoms with Gasteiger partial charge in [-0.1, -0.05) is 6.08 Å². The van der Waals surface area contributed by atoms with Gasteiger partial charge in [0, 0.05) is 6.54 Å². The van der Waals surface area contributed by atoms with Crippen LogP contribution in [0.3, 0.4) is 0 Å². The van der Waals surface area contributed by atoms with Gasteiger partial charge in [-0.3, -0.25) is 0 Å². The third-order valence-electron chi connectivity index (χ3n) is 0.828. The Bertz CT molecular complexity index is 57.4. The normalized spacial score (nSPS) is 9.88. The van der Waals surface area contributed by atoms with Gasteiger partial charge in [-0.25, -0.2) is 0 Å². The zero-order valence-corrected chi connectivity index (χ0v) is 5.72. The first-order valence-corrected chi connectivity index (χ1v) is 2.84. The minimum atomic E-state index is 1.01. The highest BCUT2D eigenvalue weighted by atomic mass is 15.0. The van der Waals surface area contributed by atoms with E-state index >= 15 is 0 Å². The van der Waals surface area contributed by atoms with Crippen LogP contribution in [-0.4, -0.2) is 25.5 Å². The van der Waals surface area contributed by atoms with Gasteiger partial charge in [-0.2, -0.15) is 0 Å². The molecule has 0 spiro atoms. The molecule has 1 nitrogen and oxygen atoms in total. The van der Waals surface area contributed by atoms with Gasteiger partial charge in [-0.15, -0.1) is 6.58 Å². The number of allylic oxidation sites excluding steroid dienone is 1. The Morgan fingerprint density at radius 1 is 1.50 bits per heavy atom. The molecule has 0 saturated carbocycles. The molecule has 0 saturated heterocycles. The van der Waals surface area contributed by atoms with Crippen molar-refractivity contribution in [3.8, 4) is 0 Å². The number of hydrogen-bond donors (Lipinski definition) is 0. The molecule has 8 heavy (non-hydrogen) atoms. The second-order valence-electron chi connectivity index (χ2n) is 2.08. The van der Waals surface area contributed by atoms with E-state index in [2.05, 4.69) is 32.0 Å². The smallest absolute Gasteiger partial charge is 0.000976 e. The van der Waals surface area contributed by atoms with Crippen molar-refractivity contribution in [1.82, 2.24) is 4.90 Å². The SMILES string of the molecule is C=CC[CH]CN(C)C. The third kappa shape index (κ3) is 5.70. The fraction of sp³-hybridized carbons (Fsp3) is 0.571. The summed E-state index contributed by atoms with van der Waals surface area (Å²) in [7, 11) is 4.11. The average molecular weight is 112 g/mol. The molecule has 0 aromatic carbocycles. The molecule has 1 radical (unpaired) electrons. The van der Waals surface area contributed by atoms with Gasteiger partial charge in [0.25, 0.3) is 0 Å². The fourth-order valence-corrected chi connectivity index (χ4v) is 0.451. The first-order valence-electron chi connectivity index (χ1n) is 2.84. The van der Waals surface area contributed by atoms with Crippen LogP contribution in [-0.2, 0) is 0 Å². The topological polar surface area (TPSA) is 3.24 Å². The van der Waals surface area contributed by atoms with Crippen molar-refractivity contribution in [1.29, 1.82) is 0 Å². The lowest BCUT2D eigenvalue weighted by atomic mass is 10.3. The van der Waals surface area contributed by atoms with Crippen molar-refractivity contribution in [2.24, 2.45) is 0 Å². The molecule has 0 unspecified atom stereocenters. The summed E-state index contributed by atoms with van der Waals surface area (Å²) < 4.78 is 0. The van der Waals surface area contributed by atoms with Gasteiger partial charge in [0.05, 0.1) is 0 Å². The molecule has 0 heterocycles. The predicted octanol–water partition coefficient (Wildman–Crippen LogP) is 1.33. The maximum atomic E-state index is 3.61. The molecule has 0 N–H and O–H groups in total. The van der Waals surface area contributed by atoms with Gasteiger partial charge in [-0.05, 0) is 26.9 Å². The Balaban J connectivity index is 2.81. The lowest BCUT2D eigenvalue weighted by Crippen LogP contribution is -2.12. The van der Waals surface area contributed by atoms with Gasteiger partial charge >= 0.3 is 0 Å². The van der Waals surface area contributed by atoms with Crippen LogP contribution in [0.4, 0.5) is 0 Å². The molecular formula is C7H14N. The second kappa shape index (κ2) is 4.85. The fourth-order valence-electron chi connectivity index (χ4n) is 0.451. The summed E-state index contributed by atoms with van der Waals surface area (Å²) >= 11 is 0. The quantitative estimate of drug-likeness (QED) is 0.391. The molecule has 0 aromatic rings. The predicted molar refractivity (Wildman–Crippen MR) is 37.7 cm³/mol. The molecule has 0 bridgehead atoms. The molecular weight excluding hydrogens is 98.1 g/mol. The van der Waals surface area contributed by atoms with E-state index in [1.807, 2.05) is 6.08 Å². The minimum absolute atomic E-state index is 1.01. The highest BCUT2D eigenvalue weighted by Gasteiger charge is 1.85. The monoisotopic (exact) mass is 112 g/mol. The Morgan fingerprint density at radius 3 is 2.50 bits per heavy atom. The molecule has 0 rings (SSSR count). The van der Waals surface area contributed by atoms with E-state index in [9.17, 15) is 0 Å². The van der Waals surface area contributed by atoms with E-state index in [4.69, 9.17) is 0 Å². The van der Waals surface area contributed by atoms with Crippen LogP contribution in [0.15, 0.2) is 12.7 Å². The number of hydrogen-bond acceptors (Lipinski definition) is 1. The number of rotatable bonds is 4. The van der Waals surface area contributed by atoms with Crippen LogP contribution in [0, 0.1) is 6.42 Å². The summed E-state index contributed by atoms with van der Waals surface area (Å²) in [6, 6.07) is 0. The summed E-state index contributed by atoms with van der Waals surface area (Å²) in [5, 5.41) is 0. The summed E-state index contributed by atoms with van der Waals surface area (Å²) in [5.41, 5.74) is 0. The van der Waals surface area contributed by atoms with Crippen LogP contribution in [0.5, 0.6) is 0 Å². The van der Waals surface area contributed by atoms with E-state index in [-0.39, 0.29) is 0 Å². The standard InChI is InChI=1S/C7H14N/c1-4-5-6-7-8(2)3/h4,6H,1,5,7H2,2-3H3. The Labute approximate surface area is 52.0 Å². The van der Waals surface area contributed by atoms with Crippen molar-refractivity contribution in [2.45, 2.75) is 6.42 Å². The zero-order valence-electron chi connectivity index (χ0n) is 5.72. The van der Waals surface area contributed by atoms with E-state index in [0.29, 0.717) is 0 Å². The van der Waals surface area contributed by atoms with Crippen LogP contribution in [0.2, 0.25) is 0 Å². The molecule has 0 aliphatic heterocycles. The minimum Gasteiger partial charge on any atom is -0.309 e. The van der Waals surface area contributed by atoms with Crippen molar-refractivity contribution in [3.05, 3.63) is 19.1 Å². The lowest BCUT2D eigenvalue weighted by molar-refractivity contribution is 0.439. The third-order valence-corrected chi connectivity index (χ3v) is 0.828. The summed E-state index contributed by atoms with van der Waals surface area (Å²) in [6.07, 6.45) is 5.11. The molecule has 0 atom stereocenters. The van der Waals surface area contributed by atoms with Crippen molar-refractivity contribution in [3.63, 3.8) is 0 Å². The molecule has 0 aliphatic rings. The molecule has 47 valence electrons. The van der Waals surface area contributed by atoms with E-state index in [1.165, 1.54) is 0 Å². The molecule has 0 aromatic heterocycles. The maximum absolute atomic E-state index is 3.61. The molecule has 0 amide bonds. The molecule has 1 heteroatoms. The Morgan fingerprint density at radius 2 is 2.12 bits per heavy atom. The zero-order chi connectivity index (χ0) is 6.41. The maximum Gasteiger partial charge on any atom is 0.000976 e. The van der Waals surface area contributed by atoms with Gasteiger partial charge in [0.2, 0.25) is 0 Å². The van der Waals surface area contributed by atoms with E-state index in [1.54, 1.807) is 0 Å². The number of nitrogens with zero attached hydrogens (tertiary/aromatic N) is 1. The first kappa shape index (κ1) is 7.70. The largest absolute Gasteiger partial charge is 0.309 e. The lowest BCUT2D eigenvalue weighted by Gasteiger charge is -2.05. The highest BCUT2D eigenvalue weighted by molar-refractivity contribution is 4.79. The summed E-state index contributed by atoms with van der Waals surface area (Å²) in [6.45, 7) is 4.66. The number of unbranched alkanes of at least 4 members (excludes halogenated alkanes) is 1. The van der Waals surface area contributed by atoms with Crippen molar-refractivity contribution >= 4 is 0 Å². The van der Waals surface area contributed by atoms with Crippen molar-refractivity contribution in [2.75, 3.05) is 20.6 Å². The van der Waals surface area contributed by atoms with Crippen LogP contribution in [0.25, 0.3) is 0 Å². The molecule has 0 aliphatic carbocycles.